The maximum atomic E-state index is 12.4. The van der Waals surface area contributed by atoms with Gasteiger partial charge in [0.15, 0.2) is 12.2 Å². The van der Waals surface area contributed by atoms with Gasteiger partial charge >= 0.3 is 0 Å². The minimum Gasteiger partial charge on any atom is -0.483 e. The number of anilines is 1. The van der Waals surface area contributed by atoms with Crippen LogP contribution >= 0.6 is 11.6 Å². The lowest BCUT2D eigenvalue weighted by atomic mass is 9.98. The summed E-state index contributed by atoms with van der Waals surface area (Å²) in [6.07, 6.45) is 1.06. The molecule has 0 radical (unpaired) electrons. The molecular weight excluding hydrogens is 424 g/mol. The van der Waals surface area contributed by atoms with Crippen molar-refractivity contribution in [1.29, 1.82) is 0 Å². The number of halogens is 1. The number of amides is 1. The summed E-state index contributed by atoms with van der Waals surface area (Å²) in [7, 11) is 0. The molecule has 1 aromatic heterocycles. The molecular formula is C26H25ClN2O3. The molecule has 1 amide bonds. The molecule has 0 fully saturated rings. The van der Waals surface area contributed by atoms with Gasteiger partial charge in [0.1, 0.15) is 11.3 Å². The van der Waals surface area contributed by atoms with Crippen LogP contribution in [0.4, 0.5) is 5.69 Å². The second kappa shape index (κ2) is 9.45. The molecule has 0 aliphatic carbocycles. The maximum Gasteiger partial charge on any atom is 0.262 e. The van der Waals surface area contributed by atoms with Gasteiger partial charge in [0.25, 0.3) is 5.91 Å². The largest absolute Gasteiger partial charge is 0.483 e. The molecule has 4 rings (SSSR count). The summed E-state index contributed by atoms with van der Waals surface area (Å²) in [6.45, 7) is 6.17. The zero-order valence-corrected chi connectivity index (χ0v) is 19.1. The van der Waals surface area contributed by atoms with Crippen molar-refractivity contribution in [2.75, 3.05) is 11.9 Å². The van der Waals surface area contributed by atoms with E-state index < -0.39 is 0 Å². The number of carbonyl (C=O) groups is 1. The molecule has 32 heavy (non-hydrogen) atoms. The van der Waals surface area contributed by atoms with Crippen LogP contribution in [0, 0.1) is 6.92 Å². The Balaban J connectivity index is 1.52. The Morgan fingerprint density at radius 1 is 1.16 bits per heavy atom. The highest BCUT2D eigenvalue weighted by Gasteiger charge is 2.14. The molecule has 0 unspecified atom stereocenters. The van der Waals surface area contributed by atoms with E-state index in [0.29, 0.717) is 28.3 Å². The Hall–Kier alpha value is -3.31. The predicted octanol–water partition coefficient (Wildman–Crippen LogP) is 6.99. The molecule has 1 N–H and O–H groups in total. The normalized spacial score (nSPS) is 12.0. The van der Waals surface area contributed by atoms with Crippen LogP contribution in [-0.4, -0.2) is 17.5 Å². The monoisotopic (exact) mass is 448 g/mol. The van der Waals surface area contributed by atoms with E-state index in [4.69, 9.17) is 20.8 Å². The highest BCUT2D eigenvalue weighted by molar-refractivity contribution is 6.33. The Kier molecular flexibility index (Phi) is 6.47. The van der Waals surface area contributed by atoms with Gasteiger partial charge < -0.3 is 14.5 Å². The summed E-state index contributed by atoms with van der Waals surface area (Å²) in [4.78, 5) is 17.1. The molecule has 5 nitrogen and oxygen atoms in total. The van der Waals surface area contributed by atoms with Crippen LogP contribution in [0.2, 0.25) is 5.02 Å². The summed E-state index contributed by atoms with van der Waals surface area (Å²) in [5.74, 6) is 1.30. The minimum atomic E-state index is -0.303. The summed E-state index contributed by atoms with van der Waals surface area (Å²) < 4.78 is 11.6. The number of hydrogen-bond acceptors (Lipinski definition) is 4. The Morgan fingerprint density at radius 2 is 1.97 bits per heavy atom. The van der Waals surface area contributed by atoms with E-state index in [9.17, 15) is 4.79 Å². The number of hydrogen-bond donors (Lipinski definition) is 1. The van der Waals surface area contributed by atoms with E-state index in [2.05, 4.69) is 36.3 Å². The first-order valence-electron chi connectivity index (χ1n) is 10.6. The third-order valence-electron chi connectivity index (χ3n) is 5.53. The molecule has 0 saturated carbocycles. The van der Waals surface area contributed by atoms with Crippen LogP contribution in [0.25, 0.3) is 22.6 Å². The molecule has 0 saturated heterocycles. The van der Waals surface area contributed by atoms with E-state index in [-0.39, 0.29) is 12.5 Å². The second-order valence-electron chi connectivity index (χ2n) is 7.85. The second-order valence-corrected chi connectivity index (χ2v) is 8.26. The van der Waals surface area contributed by atoms with Gasteiger partial charge in [0.2, 0.25) is 5.89 Å². The smallest absolute Gasteiger partial charge is 0.262 e. The van der Waals surface area contributed by atoms with E-state index in [1.165, 1.54) is 5.56 Å². The number of nitrogens with one attached hydrogen (secondary N) is 1. The number of aryl methyl sites for hydroxylation is 1. The molecule has 1 atom stereocenters. The number of oxazole rings is 1. The van der Waals surface area contributed by atoms with Gasteiger partial charge in [-0.15, -0.1) is 0 Å². The molecule has 6 heteroatoms. The van der Waals surface area contributed by atoms with Crippen molar-refractivity contribution in [2.24, 2.45) is 0 Å². The molecule has 0 aliphatic heterocycles. The standard InChI is InChI=1S/C26H25ClN2O3/c1-4-16(2)18-10-12-24-22(13-18)29-26(32-24)19-9-11-20(27)21(14-19)28-25(30)15-31-23-8-6-5-7-17(23)3/h5-14,16H,4,15H2,1-3H3,(H,28,30)/t16-/m1/s1. The van der Waals surface area contributed by atoms with Crippen LogP contribution in [0.15, 0.2) is 65.1 Å². The molecule has 0 bridgehead atoms. The number of nitrogens with zero attached hydrogens (tertiary/aromatic N) is 1. The van der Waals surface area contributed by atoms with E-state index in [1.807, 2.05) is 43.3 Å². The lowest BCUT2D eigenvalue weighted by Crippen LogP contribution is -2.20. The number of carbonyl (C=O) groups excluding carboxylic acids is 1. The number of fused-ring (bicyclic) bond motifs is 1. The van der Waals surface area contributed by atoms with Gasteiger partial charge in [0, 0.05) is 5.56 Å². The molecule has 164 valence electrons. The van der Waals surface area contributed by atoms with Gasteiger partial charge in [-0.3, -0.25) is 4.79 Å². The first-order chi connectivity index (χ1) is 15.4. The Morgan fingerprint density at radius 3 is 2.75 bits per heavy atom. The van der Waals surface area contributed by atoms with Crippen LogP contribution in [0.3, 0.4) is 0 Å². The summed E-state index contributed by atoms with van der Waals surface area (Å²) in [6, 6.07) is 18.9. The minimum absolute atomic E-state index is 0.118. The third kappa shape index (κ3) is 4.78. The zero-order valence-electron chi connectivity index (χ0n) is 18.3. The van der Waals surface area contributed by atoms with Crippen LogP contribution in [0.1, 0.15) is 37.3 Å². The van der Waals surface area contributed by atoms with E-state index in [0.717, 1.165) is 28.6 Å². The topological polar surface area (TPSA) is 64.4 Å². The SMILES string of the molecule is CC[C@@H](C)c1ccc2oc(-c3ccc(Cl)c(NC(=O)COc4ccccc4C)c3)nc2c1. The average Bonchev–Trinajstić information content (AvgIpc) is 3.23. The number of benzene rings is 3. The van der Waals surface area contributed by atoms with Crippen molar-refractivity contribution in [1.82, 2.24) is 4.98 Å². The van der Waals surface area contributed by atoms with E-state index >= 15 is 0 Å². The number of aromatic nitrogens is 1. The molecule has 0 spiro atoms. The number of para-hydroxylation sites is 1. The van der Waals surface area contributed by atoms with Gasteiger partial charge in [-0.2, -0.15) is 0 Å². The highest BCUT2D eigenvalue weighted by Crippen LogP contribution is 2.32. The molecule has 0 aliphatic rings. The van der Waals surface area contributed by atoms with Crippen molar-refractivity contribution in [2.45, 2.75) is 33.1 Å². The lowest BCUT2D eigenvalue weighted by Gasteiger charge is -2.11. The Bertz CT molecular complexity index is 1270. The summed E-state index contributed by atoms with van der Waals surface area (Å²) in [5.41, 5.74) is 4.94. The van der Waals surface area contributed by atoms with Crippen LogP contribution in [0.5, 0.6) is 5.75 Å². The number of rotatable bonds is 7. The van der Waals surface area contributed by atoms with Crippen molar-refractivity contribution in [3.8, 4) is 17.2 Å². The summed E-state index contributed by atoms with van der Waals surface area (Å²) in [5, 5.41) is 3.23. The Labute approximate surface area is 192 Å². The first kappa shape index (κ1) is 21.9. The van der Waals surface area contributed by atoms with Crippen LogP contribution in [-0.2, 0) is 4.79 Å². The van der Waals surface area contributed by atoms with Crippen LogP contribution < -0.4 is 10.1 Å². The van der Waals surface area contributed by atoms with Crippen molar-refractivity contribution in [3.63, 3.8) is 0 Å². The maximum absolute atomic E-state index is 12.4. The average molecular weight is 449 g/mol. The molecule has 4 aromatic rings. The summed E-state index contributed by atoms with van der Waals surface area (Å²) >= 11 is 6.31. The molecule has 3 aromatic carbocycles. The fourth-order valence-electron chi connectivity index (χ4n) is 3.41. The van der Waals surface area contributed by atoms with Crippen molar-refractivity contribution in [3.05, 3.63) is 76.8 Å². The fourth-order valence-corrected chi connectivity index (χ4v) is 3.58. The van der Waals surface area contributed by atoms with Gasteiger partial charge in [-0.25, -0.2) is 4.98 Å². The fraction of sp³-hybridized carbons (Fsp3) is 0.231. The van der Waals surface area contributed by atoms with Gasteiger partial charge in [0.05, 0.1) is 10.7 Å². The van der Waals surface area contributed by atoms with E-state index in [1.54, 1.807) is 12.1 Å². The quantitative estimate of drug-likeness (QED) is 0.331. The predicted molar refractivity (Wildman–Crippen MR) is 128 cm³/mol. The zero-order chi connectivity index (χ0) is 22.7. The first-order valence-corrected chi connectivity index (χ1v) is 11.0. The molecule has 1 heterocycles. The van der Waals surface area contributed by atoms with Gasteiger partial charge in [-0.1, -0.05) is 49.7 Å². The highest BCUT2D eigenvalue weighted by atomic mass is 35.5. The number of ether oxygens (including phenoxy) is 1. The lowest BCUT2D eigenvalue weighted by molar-refractivity contribution is -0.118. The van der Waals surface area contributed by atoms with Crippen molar-refractivity contribution < 1.29 is 13.9 Å². The van der Waals surface area contributed by atoms with Gasteiger partial charge in [-0.05, 0) is 66.8 Å². The third-order valence-corrected chi connectivity index (χ3v) is 5.86. The van der Waals surface area contributed by atoms with Crippen molar-refractivity contribution >= 4 is 34.3 Å².